The van der Waals surface area contributed by atoms with E-state index in [4.69, 9.17) is 20.9 Å². The molecular formula is C41H50N6O7. The van der Waals surface area contributed by atoms with E-state index >= 15 is 0 Å². The largest absolute Gasteiger partial charge is 0.443 e. The third kappa shape index (κ3) is 11.3. The third-order valence-electron chi connectivity index (χ3n) is 9.04. The van der Waals surface area contributed by atoms with E-state index in [0.29, 0.717) is 22.5 Å². The molecule has 4 amide bonds. The maximum Gasteiger partial charge on any atom is 0.417 e. The van der Waals surface area contributed by atoms with Crippen molar-refractivity contribution >= 4 is 24.0 Å². The van der Waals surface area contributed by atoms with Crippen molar-refractivity contribution in [3.63, 3.8) is 0 Å². The molecule has 0 radical (unpaired) electrons. The predicted molar refractivity (Wildman–Crippen MR) is 202 cm³/mol. The van der Waals surface area contributed by atoms with Crippen LogP contribution in [0.3, 0.4) is 0 Å². The van der Waals surface area contributed by atoms with E-state index in [1.165, 1.54) is 12.4 Å². The molecule has 286 valence electrons. The second kappa shape index (κ2) is 20.1. The first-order chi connectivity index (χ1) is 25.9. The summed E-state index contributed by atoms with van der Waals surface area (Å²) in [4.78, 5) is 67.1. The van der Waals surface area contributed by atoms with Crippen LogP contribution in [0.5, 0.6) is 0 Å². The normalized spacial score (nSPS) is 14.0. The van der Waals surface area contributed by atoms with Gasteiger partial charge in [0, 0.05) is 12.4 Å². The Kier molecular flexibility index (Phi) is 15.3. The Hall–Kier alpha value is -5.50. The number of hydrogen-bond acceptors (Lipinski definition) is 11. The minimum atomic E-state index is -1.78. The van der Waals surface area contributed by atoms with E-state index in [2.05, 4.69) is 9.97 Å². The molecule has 0 spiro atoms. The number of pyridine rings is 2. The lowest BCUT2D eigenvalue weighted by atomic mass is 9.89. The predicted octanol–water partition coefficient (Wildman–Crippen LogP) is 4.66. The minimum absolute atomic E-state index is 0.0935. The van der Waals surface area contributed by atoms with Crippen LogP contribution < -0.4 is 11.5 Å². The molecule has 2 unspecified atom stereocenters. The summed E-state index contributed by atoms with van der Waals surface area (Å²) in [5.41, 5.74) is 14.9. The number of amides is 4. The van der Waals surface area contributed by atoms with Crippen LogP contribution in [0, 0.1) is 11.8 Å². The SMILES string of the molecule is CC(C)[C@H](N)C(=O)N(C(=O)OCc1ccccn1)C(Cc1ccccc1)C(O)C(Cc1ccccc1)N(C(=O)OCc1ccccn1)C(=O)[C@@H](N)C(C)C. The lowest BCUT2D eigenvalue weighted by Crippen LogP contribution is -2.64. The van der Waals surface area contributed by atoms with Gasteiger partial charge in [0.25, 0.3) is 0 Å². The summed E-state index contributed by atoms with van der Waals surface area (Å²) in [6, 6.07) is 22.8. The fourth-order valence-corrected chi connectivity index (χ4v) is 5.74. The highest BCUT2D eigenvalue weighted by Crippen LogP contribution is 2.26. The molecule has 0 aliphatic heterocycles. The van der Waals surface area contributed by atoms with Crippen molar-refractivity contribution in [3.05, 3.63) is 132 Å². The number of aliphatic hydroxyl groups is 1. The molecule has 4 rings (SSSR count). The van der Waals surface area contributed by atoms with Crippen molar-refractivity contribution < 1.29 is 33.8 Å². The van der Waals surface area contributed by atoms with E-state index in [9.17, 15) is 24.3 Å². The molecule has 0 fully saturated rings. The van der Waals surface area contributed by atoms with Gasteiger partial charge in [0.05, 0.1) is 41.7 Å². The van der Waals surface area contributed by atoms with Crippen LogP contribution >= 0.6 is 0 Å². The molecule has 2 aromatic heterocycles. The fraction of sp³-hybridized carbons (Fsp3) is 0.366. The molecule has 4 atom stereocenters. The maximum absolute atomic E-state index is 14.3. The lowest BCUT2D eigenvalue weighted by Gasteiger charge is -2.41. The number of imide groups is 2. The Morgan fingerprint density at radius 2 is 0.944 bits per heavy atom. The number of aromatic nitrogens is 2. The smallest absolute Gasteiger partial charge is 0.417 e. The van der Waals surface area contributed by atoms with Gasteiger partial charge in [-0.1, -0.05) is 100 Å². The molecule has 0 aliphatic rings. The first-order valence-electron chi connectivity index (χ1n) is 18.0. The lowest BCUT2D eigenvalue weighted by molar-refractivity contribution is -0.141. The molecule has 13 nitrogen and oxygen atoms in total. The van der Waals surface area contributed by atoms with Crippen molar-refractivity contribution in [1.82, 2.24) is 19.8 Å². The summed E-state index contributed by atoms with van der Waals surface area (Å²) < 4.78 is 11.3. The second-order valence-electron chi connectivity index (χ2n) is 13.7. The van der Waals surface area contributed by atoms with Gasteiger partial charge in [-0.2, -0.15) is 0 Å². The summed E-state index contributed by atoms with van der Waals surface area (Å²) in [6.45, 7) is 6.35. The second-order valence-corrected chi connectivity index (χ2v) is 13.7. The minimum Gasteiger partial charge on any atom is -0.443 e. The van der Waals surface area contributed by atoms with Crippen LogP contribution in [0.2, 0.25) is 0 Å². The fourth-order valence-electron chi connectivity index (χ4n) is 5.74. The zero-order chi connectivity index (χ0) is 39.2. The van der Waals surface area contributed by atoms with E-state index in [1.54, 1.807) is 125 Å². The van der Waals surface area contributed by atoms with E-state index in [-0.39, 0.29) is 26.1 Å². The molecule has 0 saturated carbocycles. The van der Waals surface area contributed by atoms with Gasteiger partial charge in [-0.05, 0) is 60.1 Å². The van der Waals surface area contributed by atoms with Crippen molar-refractivity contribution in [2.45, 2.75) is 84.0 Å². The number of ether oxygens (including phenoxy) is 2. The van der Waals surface area contributed by atoms with Crippen LogP contribution in [0.25, 0.3) is 0 Å². The summed E-state index contributed by atoms with van der Waals surface area (Å²) in [7, 11) is 0. The van der Waals surface area contributed by atoms with Gasteiger partial charge in [-0.15, -0.1) is 0 Å². The van der Waals surface area contributed by atoms with Crippen LogP contribution in [0.4, 0.5) is 9.59 Å². The maximum atomic E-state index is 14.3. The number of nitrogens with two attached hydrogens (primary N) is 2. The molecular weight excluding hydrogens is 688 g/mol. The van der Waals surface area contributed by atoms with E-state index < -0.39 is 66.1 Å². The Balaban J connectivity index is 1.88. The molecule has 54 heavy (non-hydrogen) atoms. The van der Waals surface area contributed by atoms with Gasteiger partial charge in [-0.3, -0.25) is 19.6 Å². The van der Waals surface area contributed by atoms with Gasteiger partial charge < -0.3 is 26.0 Å². The summed E-state index contributed by atoms with van der Waals surface area (Å²) in [6.07, 6.45) is -1.06. The van der Waals surface area contributed by atoms with Gasteiger partial charge in [0.2, 0.25) is 11.8 Å². The first-order valence-corrected chi connectivity index (χ1v) is 18.0. The van der Waals surface area contributed by atoms with Crippen LogP contribution in [-0.4, -0.2) is 79.1 Å². The molecule has 0 aliphatic carbocycles. The zero-order valence-electron chi connectivity index (χ0n) is 31.1. The summed E-state index contributed by atoms with van der Waals surface area (Å²) in [5.74, 6) is -2.46. The number of carbonyl (C=O) groups excluding carboxylic acids is 4. The Morgan fingerprint density at radius 1 is 0.593 bits per heavy atom. The van der Waals surface area contributed by atoms with Crippen molar-refractivity contribution in [2.24, 2.45) is 23.3 Å². The highest BCUT2D eigenvalue weighted by atomic mass is 16.6. The molecule has 2 aromatic carbocycles. The molecule has 13 heteroatoms. The average Bonchev–Trinajstić information content (AvgIpc) is 3.19. The quantitative estimate of drug-likeness (QED) is 0.145. The average molecular weight is 739 g/mol. The Labute approximate surface area is 316 Å². The number of rotatable bonds is 16. The van der Waals surface area contributed by atoms with E-state index in [0.717, 1.165) is 9.80 Å². The molecule has 4 aromatic rings. The topological polar surface area (TPSA) is 191 Å². The highest BCUT2D eigenvalue weighted by Gasteiger charge is 2.46. The summed E-state index contributed by atoms with van der Waals surface area (Å²) in [5, 5.41) is 12.7. The number of carbonyl (C=O) groups is 4. The molecule has 0 bridgehead atoms. The number of aliphatic hydroxyl groups excluding tert-OH is 1. The van der Waals surface area contributed by atoms with Gasteiger partial charge in [0.1, 0.15) is 13.2 Å². The molecule has 5 N–H and O–H groups in total. The number of nitrogens with zero attached hydrogens (tertiary/aromatic N) is 4. The summed E-state index contributed by atoms with van der Waals surface area (Å²) >= 11 is 0. The van der Waals surface area contributed by atoms with Crippen LogP contribution in [-0.2, 0) is 45.1 Å². The zero-order valence-corrected chi connectivity index (χ0v) is 31.1. The van der Waals surface area contributed by atoms with Gasteiger partial charge in [-0.25, -0.2) is 19.4 Å². The molecule has 2 heterocycles. The van der Waals surface area contributed by atoms with E-state index in [1.807, 2.05) is 0 Å². The van der Waals surface area contributed by atoms with Gasteiger partial charge >= 0.3 is 12.2 Å². The monoisotopic (exact) mass is 738 g/mol. The highest BCUT2D eigenvalue weighted by molar-refractivity contribution is 5.96. The van der Waals surface area contributed by atoms with Crippen molar-refractivity contribution in [2.75, 3.05) is 0 Å². The number of benzene rings is 2. The Morgan fingerprint density at radius 3 is 1.26 bits per heavy atom. The third-order valence-corrected chi connectivity index (χ3v) is 9.04. The van der Waals surface area contributed by atoms with Crippen LogP contribution in [0.1, 0.15) is 50.2 Å². The first kappa shape index (κ1) is 41.3. The number of hydrogen-bond donors (Lipinski definition) is 3. The Bertz CT molecular complexity index is 1650. The van der Waals surface area contributed by atoms with Gasteiger partial charge in [0.15, 0.2) is 0 Å². The standard InChI is InChI=1S/C41H50N6O7/c1-27(2)35(42)38(49)46(40(51)53-25-31-19-11-13-21-44-31)33(23-29-15-7-5-8-16-29)37(48)34(24-30-17-9-6-10-18-30)47(39(50)36(43)28(3)4)41(52)54-26-32-20-12-14-22-45-32/h5-22,27-28,33-37,48H,23-26,42-43H2,1-4H3/t33?,34?,35-,36-,37?/m0/s1. The molecule has 0 saturated heterocycles. The van der Waals surface area contributed by atoms with Crippen LogP contribution in [0.15, 0.2) is 109 Å². The van der Waals surface area contributed by atoms with Crippen molar-refractivity contribution in [1.29, 1.82) is 0 Å². The van der Waals surface area contributed by atoms with Crippen molar-refractivity contribution in [3.8, 4) is 0 Å².